The van der Waals surface area contributed by atoms with Crippen LogP contribution in [-0.4, -0.2) is 6.54 Å². The van der Waals surface area contributed by atoms with Crippen molar-refractivity contribution < 1.29 is 4.42 Å². The van der Waals surface area contributed by atoms with Crippen LogP contribution in [-0.2, 0) is 13.0 Å². The quantitative estimate of drug-likeness (QED) is 0.589. The van der Waals surface area contributed by atoms with E-state index in [2.05, 4.69) is 5.32 Å². The first kappa shape index (κ1) is 16.1. The minimum atomic E-state index is 0.693. The molecule has 1 N–H and O–H groups in total. The van der Waals surface area contributed by atoms with Crippen LogP contribution in [0.4, 0.5) is 0 Å². The molecule has 0 aliphatic heterocycles. The van der Waals surface area contributed by atoms with Crippen molar-refractivity contribution in [2.45, 2.75) is 13.0 Å². The third-order valence-electron chi connectivity index (χ3n) is 3.60. The van der Waals surface area contributed by atoms with Crippen LogP contribution in [0.1, 0.15) is 11.3 Å². The molecule has 0 fully saturated rings. The van der Waals surface area contributed by atoms with Crippen molar-refractivity contribution in [2.24, 2.45) is 0 Å². The molecule has 0 aliphatic carbocycles. The lowest BCUT2D eigenvalue weighted by Gasteiger charge is -2.04. The lowest BCUT2D eigenvalue weighted by atomic mass is 10.1. The Morgan fingerprint density at radius 3 is 2.43 bits per heavy atom. The zero-order chi connectivity index (χ0) is 16.1. The van der Waals surface area contributed by atoms with E-state index in [1.807, 2.05) is 60.7 Å². The monoisotopic (exact) mass is 345 g/mol. The van der Waals surface area contributed by atoms with E-state index in [0.29, 0.717) is 11.6 Å². The molecule has 0 aliphatic rings. The van der Waals surface area contributed by atoms with Gasteiger partial charge in [-0.2, -0.15) is 0 Å². The second-order valence-corrected chi connectivity index (χ2v) is 6.14. The van der Waals surface area contributed by atoms with Crippen LogP contribution in [0.15, 0.2) is 65.1 Å². The molecule has 23 heavy (non-hydrogen) atoms. The topological polar surface area (TPSA) is 25.2 Å². The van der Waals surface area contributed by atoms with Gasteiger partial charge in [0.1, 0.15) is 11.5 Å². The molecule has 1 aromatic heterocycles. The molecule has 2 aromatic carbocycles. The van der Waals surface area contributed by atoms with E-state index >= 15 is 0 Å². The lowest BCUT2D eigenvalue weighted by molar-refractivity contribution is 0.495. The fourth-order valence-electron chi connectivity index (χ4n) is 2.37. The van der Waals surface area contributed by atoms with Gasteiger partial charge in [-0.25, -0.2) is 0 Å². The Labute approximate surface area is 146 Å². The SMILES string of the molecule is Clc1ccc(CCNCc2ccc(-c3ccccc3Cl)o2)cc1. The average Bonchev–Trinajstić information content (AvgIpc) is 3.02. The molecule has 0 radical (unpaired) electrons. The maximum atomic E-state index is 6.19. The number of furan rings is 1. The summed E-state index contributed by atoms with van der Waals surface area (Å²) in [5, 5.41) is 4.85. The fourth-order valence-corrected chi connectivity index (χ4v) is 2.73. The molecule has 2 nitrogen and oxygen atoms in total. The van der Waals surface area contributed by atoms with Crippen LogP contribution in [0.5, 0.6) is 0 Å². The predicted molar refractivity (Wildman–Crippen MR) is 96.0 cm³/mol. The third kappa shape index (κ3) is 4.38. The van der Waals surface area contributed by atoms with Crippen LogP contribution in [0.3, 0.4) is 0 Å². The maximum Gasteiger partial charge on any atom is 0.135 e. The smallest absolute Gasteiger partial charge is 0.135 e. The van der Waals surface area contributed by atoms with Gasteiger partial charge in [0, 0.05) is 10.6 Å². The summed E-state index contributed by atoms with van der Waals surface area (Å²) in [6.45, 7) is 1.57. The van der Waals surface area contributed by atoms with Gasteiger partial charge in [0.05, 0.1) is 11.6 Å². The summed E-state index contributed by atoms with van der Waals surface area (Å²) in [6, 6.07) is 19.5. The standard InChI is InChI=1S/C19H17Cl2NO/c20-15-7-5-14(6-8-15)11-12-22-13-16-9-10-19(23-16)17-3-1-2-4-18(17)21/h1-10,22H,11-13H2. The molecule has 0 saturated heterocycles. The molecule has 0 spiro atoms. The van der Waals surface area contributed by atoms with Crippen molar-refractivity contribution in [3.8, 4) is 11.3 Å². The van der Waals surface area contributed by atoms with Crippen molar-refractivity contribution in [1.29, 1.82) is 0 Å². The van der Waals surface area contributed by atoms with Gasteiger partial charge < -0.3 is 9.73 Å². The van der Waals surface area contributed by atoms with E-state index in [4.69, 9.17) is 27.6 Å². The van der Waals surface area contributed by atoms with E-state index in [1.54, 1.807) is 0 Å². The summed E-state index contributed by atoms with van der Waals surface area (Å²) < 4.78 is 5.85. The molecule has 0 atom stereocenters. The van der Waals surface area contributed by atoms with E-state index in [-0.39, 0.29) is 0 Å². The highest BCUT2D eigenvalue weighted by Crippen LogP contribution is 2.28. The Morgan fingerprint density at radius 2 is 1.65 bits per heavy atom. The van der Waals surface area contributed by atoms with Crippen LogP contribution in [0, 0.1) is 0 Å². The number of halogens is 2. The van der Waals surface area contributed by atoms with Gasteiger partial charge in [-0.15, -0.1) is 0 Å². The molecule has 0 bridgehead atoms. The molecule has 0 saturated carbocycles. The highest BCUT2D eigenvalue weighted by atomic mass is 35.5. The Balaban J connectivity index is 1.52. The van der Waals surface area contributed by atoms with Gasteiger partial charge in [-0.3, -0.25) is 0 Å². The van der Waals surface area contributed by atoms with Crippen LogP contribution in [0.2, 0.25) is 10.0 Å². The highest BCUT2D eigenvalue weighted by Gasteiger charge is 2.07. The zero-order valence-corrected chi connectivity index (χ0v) is 14.1. The molecule has 1 heterocycles. The number of hydrogen-bond donors (Lipinski definition) is 1. The molecule has 118 valence electrons. The summed E-state index contributed by atoms with van der Waals surface area (Å²) in [5.74, 6) is 1.70. The molecular formula is C19H17Cl2NO. The van der Waals surface area contributed by atoms with Gasteiger partial charge >= 0.3 is 0 Å². The van der Waals surface area contributed by atoms with Gasteiger partial charge in [0.25, 0.3) is 0 Å². The van der Waals surface area contributed by atoms with Crippen molar-refractivity contribution in [3.63, 3.8) is 0 Å². The second kappa shape index (κ2) is 7.69. The maximum absolute atomic E-state index is 6.19. The number of nitrogens with one attached hydrogen (secondary N) is 1. The van der Waals surface area contributed by atoms with Gasteiger partial charge in [0.2, 0.25) is 0 Å². The van der Waals surface area contributed by atoms with Gasteiger partial charge in [-0.1, -0.05) is 47.5 Å². The van der Waals surface area contributed by atoms with Crippen molar-refractivity contribution in [1.82, 2.24) is 5.32 Å². The number of benzene rings is 2. The first-order valence-electron chi connectivity index (χ1n) is 7.51. The van der Waals surface area contributed by atoms with Crippen molar-refractivity contribution in [3.05, 3.63) is 82.0 Å². The van der Waals surface area contributed by atoms with Crippen molar-refractivity contribution in [2.75, 3.05) is 6.54 Å². The molecule has 0 unspecified atom stereocenters. The Bertz CT molecular complexity index is 765. The number of rotatable bonds is 6. The minimum Gasteiger partial charge on any atom is -0.460 e. The zero-order valence-electron chi connectivity index (χ0n) is 12.6. The summed E-state index contributed by atoms with van der Waals surface area (Å²) in [5.41, 5.74) is 2.18. The van der Waals surface area contributed by atoms with Gasteiger partial charge in [-0.05, 0) is 54.9 Å². The molecule has 3 aromatic rings. The van der Waals surface area contributed by atoms with E-state index in [0.717, 1.165) is 35.1 Å². The molecule has 0 amide bonds. The Morgan fingerprint density at radius 1 is 0.870 bits per heavy atom. The van der Waals surface area contributed by atoms with Crippen LogP contribution < -0.4 is 5.32 Å². The summed E-state index contributed by atoms with van der Waals surface area (Å²) in [6.07, 6.45) is 0.954. The summed E-state index contributed by atoms with van der Waals surface area (Å²) >= 11 is 12.1. The van der Waals surface area contributed by atoms with E-state index in [1.165, 1.54) is 5.56 Å². The molecule has 4 heteroatoms. The van der Waals surface area contributed by atoms with E-state index in [9.17, 15) is 0 Å². The lowest BCUT2D eigenvalue weighted by Crippen LogP contribution is -2.16. The fraction of sp³-hybridized carbons (Fsp3) is 0.158. The molecule has 3 rings (SSSR count). The summed E-state index contributed by atoms with van der Waals surface area (Å²) in [7, 11) is 0. The average molecular weight is 346 g/mol. The summed E-state index contributed by atoms with van der Waals surface area (Å²) in [4.78, 5) is 0. The van der Waals surface area contributed by atoms with Crippen molar-refractivity contribution >= 4 is 23.2 Å². The minimum absolute atomic E-state index is 0.693. The number of hydrogen-bond acceptors (Lipinski definition) is 2. The Kier molecular flexibility index (Phi) is 5.39. The second-order valence-electron chi connectivity index (χ2n) is 5.30. The predicted octanol–water partition coefficient (Wildman–Crippen LogP) is 5.59. The van der Waals surface area contributed by atoms with Crippen LogP contribution in [0.25, 0.3) is 11.3 Å². The van der Waals surface area contributed by atoms with Gasteiger partial charge in [0.15, 0.2) is 0 Å². The first-order chi connectivity index (χ1) is 11.2. The first-order valence-corrected chi connectivity index (χ1v) is 8.27. The largest absolute Gasteiger partial charge is 0.460 e. The third-order valence-corrected chi connectivity index (χ3v) is 4.19. The molecular weight excluding hydrogens is 329 g/mol. The normalized spacial score (nSPS) is 10.9. The van der Waals surface area contributed by atoms with E-state index < -0.39 is 0 Å². The van der Waals surface area contributed by atoms with Crippen LogP contribution >= 0.6 is 23.2 Å². The Hall–Kier alpha value is -1.74. The highest BCUT2D eigenvalue weighted by molar-refractivity contribution is 6.33.